The quantitative estimate of drug-likeness (QED) is 0.347. The van der Waals surface area contributed by atoms with Crippen molar-refractivity contribution in [1.29, 1.82) is 0 Å². The molecule has 2 heterocycles. The van der Waals surface area contributed by atoms with Gasteiger partial charge in [0, 0.05) is 18.7 Å². The predicted octanol–water partition coefficient (Wildman–Crippen LogP) is 5.13. The first-order chi connectivity index (χ1) is 13.7. The van der Waals surface area contributed by atoms with Gasteiger partial charge in [-0.3, -0.25) is 9.78 Å². The third-order valence-corrected chi connectivity index (χ3v) is 4.44. The molecule has 4 aromatic rings. The lowest BCUT2D eigenvalue weighted by Gasteiger charge is -2.04. The van der Waals surface area contributed by atoms with E-state index in [1.54, 1.807) is 24.4 Å². The van der Waals surface area contributed by atoms with Gasteiger partial charge in [-0.1, -0.05) is 35.9 Å². The molecule has 0 aliphatic heterocycles. The zero-order chi connectivity index (χ0) is 19.3. The topological polar surface area (TPSA) is 65.2 Å². The molecule has 28 heavy (non-hydrogen) atoms. The van der Waals surface area contributed by atoms with Crippen molar-refractivity contribution in [2.24, 2.45) is 0 Å². The van der Waals surface area contributed by atoms with Gasteiger partial charge >= 0.3 is 5.97 Å². The van der Waals surface area contributed by atoms with Crippen molar-refractivity contribution in [3.05, 3.63) is 78.0 Å². The second-order valence-corrected chi connectivity index (χ2v) is 6.68. The lowest BCUT2D eigenvalue weighted by atomic mass is 10.1. The average Bonchev–Trinajstić information content (AvgIpc) is 3.14. The second-order valence-electron chi connectivity index (χ2n) is 6.68. The predicted molar refractivity (Wildman–Crippen MR) is 107 cm³/mol. The molecule has 0 N–H and O–H groups in total. The average molecular weight is 372 g/mol. The Bertz CT molecular complexity index is 1090. The van der Waals surface area contributed by atoms with Crippen LogP contribution in [0.4, 0.5) is 0 Å². The smallest absolute Gasteiger partial charge is 0.311 e. The number of carbonyl (C=O) groups is 1. The molecular formula is C23H20N2O3. The Morgan fingerprint density at radius 3 is 2.71 bits per heavy atom. The van der Waals surface area contributed by atoms with E-state index in [9.17, 15) is 4.79 Å². The van der Waals surface area contributed by atoms with Crippen LogP contribution < -0.4 is 4.74 Å². The number of esters is 1. The Kier molecular flexibility index (Phi) is 5.15. The molecule has 5 nitrogen and oxygen atoms in total. The first-order valence-corrected chi connectivity index (χ1v) is 9.25. The first kappa shape index (κ1) is 17.9. The molecule has 0 spiro atoms. The summed E-state index contributed by atoms with van der Waals surface area (Å²) < 4.78 is 11.2. The highest BCUT2D eigenvalue weighted by atomic mass is 16.5. The molecule has 0 radical (unpaired) electrons. The van der Waals surface area contributed by atoms with E-state index in [0.717, 1.165) is 12.8 Å². The molecule has 2 aromatic carbocycles. The highest BCUT2D eigenvalue weighted by molar-refractivity contribution is 5.79. The molecule has 4 rings (SSSR count). The summed E-state index contributed by atoms with van der Waals surface area (Å²) in [4.78, 5) is 20.8. The molecule has 0 unspecified atom stereocenters. The summed E-state index contributed by atoms with van der Waals surface area (Å²) in [5.74, 6) is 0.643. The van der Waals surface area contributed by atoms with Crippen LogP contribution in [0.15, 0.2) is 71.3 Å². The van der Waals surface area contributed by atoms with E-state index in [-0.39, 0.29) is 5.97 Å². The van der Waals surface area contributed by atoms with Crippen molar-refractivity contribution in [2.75, 3.05) is 0 Å². The molecule has 0 aliphatic carbocycles. The van der Waals surface area contributed by atoms with Gasteiger partial charge in [0.1, 0.15) is 17.0 Å². The van der Waals surface area contributed by atoms with Crippen molar-refractivity contribution < 1.29 is 13.9 Å². The number of aryl methyl sites for hydroxylation is 2. The molecule has 0 aliphatic rings. The lowest BCUT2D eigenvalue weighted by molar-refractivity contribution is -0.134. The fourth-order valence-electron chi connectivity index (χ4n) is 2.94. The molecule has 2 aromatic heterocycles. The van der Waals surface area contributed by atoms with Crippen LogP contribution in [0.1, 0.15) is 24.0 Å². The van der Waals surface area contributed by atoms with Gasteiger partial charge in [0.15, 0.2) is 5.58 Å². The minimum atomic E-state index is -0.254. The normalized spacial score (nSPS) is 10.9. The molecule has 5 heteroatoms. The largest absolute Gasteiger partial charge is 0.435 e. The highest BCUT2D eigenvalue weighted by Gasteiger charge is 2.11. The number of nitrogens with zero attached hydrogens (tertiary/aromatic N) is 2. The number of pyridine rings is 1. The number of ether oxygens (including phenoxy) is 1. The van der Waals surface area contributed by atoms with Crippen molar-refractivity contribution in [3.63, 3.8) is 0 Å². The fraction of sp³-hybridized carbons (Fsp3) is 0.174. The monoisotopic (exact) mass is 372 g/mol. The summed E-state index contributed by atoms with van der Waals surface area (Å²) in [7, 11) is 0. The van der Waals surface area contributed by atoms with Gasteiger partial charge < -0.3 is 9.15 Å². The van der Waals surface area contributed by atoms with Gasteiger partial charge in [0.05, 0.1) is 0 Å². The van der Waals surface area contributed by atoms with Crippen LogP contribution in [0.25, 0.3) is 22.7 Å². The molecule has 0 atom stereocenters. The molecule has 0 saturated heterocycles. The van der Waals surface area contributed by atoms with E-state index in [0.29, 0.717) is 34.9 Å². The molecular weight excluding hydrogens is 352 g/mol. The van der Waals surface area contributed by atoms with Crippen LogP contribution in [-0.2, 0) is 11.2 Å². The molecule has 0 bridgehead atoms. The van der Waals surface area contributed by atoms with Gasteiger partial charge in [-0.05, 0) is 49.6 Å². The van der Waals surface area contributed by atoms with E-state index < -0.39 is 0 Å². The summed E-state index contributed by atoms with van der Waals surface area (Å²) in [6.07, 6.45) is 3.65. The maximum Gasteiger partial charge on any atom is 0.311 e. The van der Waals surface area contributed by atoms with Gasteiger partial charge in [-0.2, -0.15) is 0 Å². The zero-order valence-corrected chi connectivity index (χ0v) is 15.6. The van der Waals surface area contributed by atoms with E-state index in [2.05, 4.69) is 41.2 Å². The molecule has 140 valence electrons. The van der Waals surface area contributed by atoms with Crippen LogP contribution in [0.3, 0.4) is 0 Å². The Hall–Kier alpha value is -3.47. The summed E-state index contributed by atoms with van der Waals surface area (Å²) in [5, 5.41) is 0. The third-order valence-electron chi connectivity index (χ3n) is 4.44. The number of hydrogen-bond acceptors (Lipinski definition) is 5. The third kappa shape index (κ3) is 4.26. The number of oxazole rings is 1. The van der Waals surface area contributed by atoms with Crippen LogP contribution in [0.5, 0.6) is 5.75 Å². The first-order valence-electron chi connectivity index (χ1n) is 9.25. The molecule has 0 saturated carbocycles. The summed E-state index contributed by atoms with van der Waals surface area (Å²) in [6.45, 7) is 2.06. The Labute approximate surface area is 163 Å². The lowest BCUT2D eigenvalue weighted by Crippen LogP contribution is -2.08. The van der Waals surface area contributed by atoms with E-state index in [1.807, 2.05) is 18.2 Å². The van der Waals surface area contributed by atoms with Crippen molar-refractivity contribution >= 4 is 17.1 Å². The van der Waals surface area contributed by atoms with Gasteiger partial charge in [-0.15, -0.1) is 0 Å². The summed E-state index contributed by atoms with van der Waals surface area (Å²) in [5.41, 5.74) is 4.37. The minimum absolute atomic E-state index is 0.254. The minimum Gasteiger partial charge on any atom is -0.435 e. The van der Waals surface area contributed by atoms with Crippen molar-refractivity contribution in [1.82, 2.24) is 9.97 Å². The van der Waals surface area contributed by atoms with E-state index in [4.69, 9.17) is 9.15 Å². The van der Waals surface area contributed by atoms with Gasteiger partial charge in [0.2, 0.25) is 5.89 Å². The fourth-order valence-corrected chi connectivity index (χ4v) is 2.94. The number of carbonyl (C=O) groups excluding carboxylic acids is 1. The number of aromatic nitrogens is 2. The Balaban J connectivity index is 1.37. The highest BCUT2D eigenvalue weighted by Crippen LogP contribution is 2.26. The van der Waals surface area contributed by atoms with Gasteiger partial charge in [-0.25, -0.2) is 4.98 Å². The van der Waals surface area contributed by atoms with Crippen LogP contribution in [-0.4, -0.2) is 15.9 Å². The summed E-state index contributed by atoms with van der Waals surface area (Å²) >= 11 is 0. The van der Waals surface area contributed by atoms with Crippen LogP contribution >= 0.6 is 0 Å². The van der Waals surface area contributed by atoms with Crippen LogP contribution in [0, 0.1) is 6.92 Å². The van der Waals surface area contributed by atoms with Gasteiger partial charge in [0.25, 0.3) is 0 Å². The van der Waals surface area contributed by atoms with Crippen molar-refractivity contribution in [2.45, 2.75) is 26.2 Å². The number of rotatable bonds is 6. The van der Waals surface area contributed by atoms with E-state index >= 15 is 0 Å². The molecule has 0 fully saturated rings. The SMILES string of the molecule is Cc1ccc(CCCC(=O)Oc2ccc3nc(-c4ccccn4)oc3c2)cc1. The number of benzene rings is 2. The number of hydrogen-bond donors (Lipinski definition) is 0. The zero-order valence-electron chi connectivity index (χ0n) is 15.6. The number of fused-ring (bicyclic) bond motifs is 1. The Morgan fingerprint density at radius 2 is 1.93 bits per heavy atom. The summed E-state index contributed by atoms with van der Waals surface area (Å²) in [6, 6.07) is 19.1. The second kappa shape index (κ2) is 8.05. The maximum absolute atomic E-state index is 12.1. The van der Waals surface area contributed by atoms with Crippen molar-refractivity contribution in [3.8, 4) is 17.3 Å². The molecule has 0 amide bonds. The standard InChI is InChI=1S/C23H20N2O3/c1-16-8-10-17(11-9-16)5-4-7-22(26)27-18-12-13-19-21(15-18)28-23(25-19)20-6-2-3-14-24-20/h2-3,6,8-15H,4-5,7H2,1H3. The Morgan fingerprint density at radius 1 is 1.07 bits per heavy atom. The van der Waals surface area contributed by atoms with E-state index in [1.165, 1.54) is 11.1 Å². The van der Waals surface area contributed by atoms with Crippen LogP contribution in [0.2, 0.25) is 0 Å². The maximum atomic E-state index is 12.1.